The van der Waals surface area contributed by atoms with Crippen LogP contribution in [0.4, 0.5) is 11.4 Å². The molecule has 1 saturated heterocycles. The van der Waals surface area contributed by atoms with Crippen LogP contribution in [0.25, 0.3) is 11.8 Å². The number of rotatable bonds is 5. The van der Waals surface area contributed by atoms with Crippen molar-refractivity contribution in [1.82, 2.24) is 9.47 Å². The lowest BCUT2D eigenvalue weighted by molar-refractivity contribution is -0.384. The molecule has 178 valence electrons. The number of nitro groups is 1. The predicted octanol–water partition coefficient (Wildman–Crippen LogP) is 4.57. The highest BCUT2D eigenvalue weighted by atomic mass is 16.6. The van der Waals surface area contributed by atoms with E-state index in [1.165, 1.54) is 6.07 Å². The molecule has 0 atom stereocenters. The van der Waals surface area contributed by atoms with Gasteiger partial charge in [-0.3, -0.25) is 14.9 Å². The van der Waals surface area contributed by atoms with Crippen molar-refractivity contribution in [3.8, 4) is 11.8 Å². The van der Waals surface area contributed by atoms with Gasteiger partial charge in [-0.05, 0) is 56.2 Å². The van der Waals surface area contributed by atoms with E-state index in [2.05, 4.69) is 23.1 Å². The first-order valence-corrected chi connectivity index (χ1v) is 11.5. The summed E-state index contributed by atoms with van der Waals surface area (Å²) in [6.07, 6.45) is 1.62. The smallest absolute Gasteiger partial charge is 0.271 e. The first-order valence-electron chi connectivity index (χ1n) is 11.5. The molecular weight excluding hydrogens is 442 g/mol. The number of carbonyl (C=O) groups excluding carboxylic acids is 1. The molecule has 0 bridgehead atoms. The standard InChI is InChI=1S/C27H27N5O3/c1-19-9-10-25(32(34)35)17-26(19)31-20(2)15-22(21(31)3)16-23(18-28)27(33)30-13-11-29(12-14-30)24-7-5-4-6-8-24/h4-10,15-17H,11-14H2,1-3H3/b23-16-. The Hall–Kier alpha value is -4.38. The lowest BCUT2D eigenvalue weighted by atomic mass is 10.1. The first kappa shape index (κ1) is 23.8. The number of para-hydroxylation sites is 1. The fourth-order valence-corrected chi connectivity index (χ4v) is 4.53. The largest absolute Gasteiger partial charge is 0.368 e. The Morgan fingerprint density at radius 1 is 1.03 bits per heavy atom. The molecule has 35 heavy (non-hydrogen) atoms. The van der Waals surface area contributed by atoms with E-state index in [-0.39, 0.29) is 17.2 Å². The van der Waals surface area contributed by atoms with Crippen molar-refractivity contribution in [3.05, 3.63) is 92.8 Å². The number of carbonyl (C=O) groups is 1. The number of nitro benzene ring substituents is 1. The van der Waals surface area contributed by atoms with Crippen LogP contribution in [0.5, 0.6) is 0 Å². The Balaban J connectivity index is 1.58. The van der Waals surface area contributed by atoms with E-state index in [0.29, 0.717) is 31.9 Å². The van der Waals surface area contributed by atoms with Crippen LogP contribution in [-0.2, 0) is 4.79 Å². The molecule has 1 aromatic heterocycles. The Morgan fingerprint density at radius 3 is 2.34 bits per heavy atom. The van der Waals surface area contributed by atoms with E-state index >= 15 is 0 Å². The van der Waals surface area contributed by atoms with Gasteiger partial charge < -0.3 is 14.4 Å². The number of hydrogen-bond donors (Lipinski definition) is 0. The van der Waals surface area contributed by atoms with Gasteiger partial charge >= 0.3 is 0 Å². The van der Waals surface area contributed by atoms with Gasteiger partial charge in [0, 0.05) is 55.4 Å². The highest BCUT2D eigenvalue weighted by molar-refractivity contribution is 6.02. The second-order valence-electron chi connectivity index (χ2n) is 8.67. The van der Waals surface area contributed by atoms with Gasteiger partial charge in [0.1, 0.15) is 11.6 Å². The summed E-state index contributed by atoms with van der Waals surface area (Å²) in [4.78, 5) is 28.0. The van der Waals surface area contributed by atoms with E-state index in [4.69, 9.17) is 0 Å². The van der Waals surface area contributed by atoms with Crippen molar-refractivity contribution >= 4 is 23.4 Å². The summed E-state index contributed by atoms with van der Waals surface area (Å²) in [6, 6.07) is 18.8. The molecule has 2 aromatic carbocycles. The summed E-state index contributed by atoms with van der Waals surface area (Å²) >= 11 is 0. The van der Waals surface area contributed by atoms with E-state index in [1.54, 1.807) is 23.1 Å². The first-order chi connectivity index (χ1) is 16.8. The number of non-ortho nitro benzene ring substituents is 1. The van der Waals surface area contributed by atoms with Crippen LogP contribution < -0.4 is 4.90 Å². The Labute approximate surface area is 204 Å². The number of benzene rings is 2. The summed E-state index contributed by atoms with van der Waals surface area (Å²) in [6.45, 7) is 8.17. The molecule has 2 heterocycles. The minimum absolute atomic E-state index is 0.0118. The minimum atomic E-state index is -0.415. The van der Waals surface area contributed by atoms with E-state index in [9.17, 15) is 20.2 Å². The molecule has 3 aromatic rings. The Morgan fingerprint density at radius 2 is 1.71 bits per heavy atom. The van der Waals surface area contributed by atoms with Crippen LogP contribution in [0.3, 0.4) is 0 Å². The van der Waals surface area contributed by atoms with Crippen molar-refractivity contribution in [1.29, 1.82) is 5.26 Å². The summed E-state index contributed by atoms with van der Waals surface area (Å²) in [5.41, 5.74) is 5.21. The highest BCUT2D eigenvalue weighted by Gasteiger charge is 2.24. The Kier molecular flexibility index (Phi) is 6.69. The quantitative estimate of drug-likeness (QED) is 0.236. The van der Waals surface area contributed by atoms with Gasteiger partial charge in [0.25, 0.3) is 11.6 Å². The molecule has 4 rings (SSSR count). The Bertz CT molecular complexity index is 1340. The summed E-state index contributed by atoms with van der Waals surface area (Å²) in [7, 11) is 0. The number of anilines is 1. The zero-order valence-electron chi connectivity index (χ0n) is 20.1. The van der Waals surface area contributed by atoms with Crippen molar-refractivity contribution in [2.24, 2.45) is 0 Å². The third-order valence-electron chi connectivity index (χ3n) is 6.45. The fraction of sp³-hybridized carbons (Fsp3) is 0.259. The molecular formula is C27H27N5O3. The van der Waals surface area contributed by atoms with Gasteiger partial charge in [0.15, 0.2) is 0 Å². The number of amides is 1. The molecule has 1 amide bonds. The average molecular weight is 470 g/mol. The molecule has 1 aliphatic rings. The monoisotopic (exact) mass is 469 g/mol. The molecule has 0 radical (unpaired) electrons. The predicted molar refractivity (Wildman–Crippen MR) is 135 cm³/mol. The normalized spacial score (nSPS) is 14.1. The third-order valence-corrected chi connectivity index (χ3v) is 6.45. The molecule has 0 spiro atoms. The number of nitriles is 1. The fourth-order valence-electron chi connectivity index (χ4n) is 4.53. The minimum Gasteiger partial charge on any atom is -0.368 e. The maximum absolute atomic E-state index is 13.2. The molecule has 8 heteroatoms. The molecule has 0 unspecified atom stereocenters. The zero-order valence-corrected chi connectivity index (χ0v) is 20.1. The lowest BCUT2D eigenvalue weighted by Gasteiger charge is -2.36. The number of hydrogen-bond acceptors (Lipinski definition) is 5. The number of piperazine rings is 1. The second-order valence-corrected chi connectivity index (χ2v) is 8.67. The van der Waals surface area contributed by atoms with E-state index in [0.717, 1.165) is 28.2 Å². The zero-order chi connectivity index (χ0) is 25.1. The van der Waals surface area contributed by atoms with Gasteiger partial charge in [-0.2, -0.15) is 5.26 Å². The summed E-state index contributed by atoms with van der Waals surface area (Å²) < 4.78 is 1.92. The maximum atomic E-state index is 13.2. The lowest BCUT2D eigenvalue weighted by Crippen LogP contribution is -2.49. The van der Waals surface area contributed by atoms with Crippen LogP contribution >= 0.6 is 0 Å². The number of nitrogens with zero attached hydrogens (tertiary/aromatic N) is 5. The van der Waals surface area contributed by atoms with Crippen molar-refractivity contribution < 1.29 is 9.72 Å². The molecule has 0 saturated carbocycles. The van der Waals surface area contributed by atoms with Crippen molar-refractivity contribution in [3.63, 3.8) is 0 Å². The van der Waals surface area contributed by atoms with Crippen LogP contribution in [0, 0.1) is 42.2 Å². The molecule has 0 N–H and O–H groups in total. The SMILES string of the molecule is Cc1ccc([N+](=O)[O-])cc1-n1c(C)cc(/C=C(/C#N)C(=O)N2CCN(c3ccccc3)CC2)c1C. The van der Waals surface area contributed by atoms with E-state index < -0.39 is 4.92 Å². The maximum Gasteiger partial charge on any atom is 0.271 e. The van der Waals surface area contributed by atoms with Gasteiger partial charge in [-0.15, -0.1) is 0 Å². The number of aryl methyl sites for hydroxylation is 2. The van der Waals surface area contributed by atoms with Crippen molar-refractivity contribution in [2.75, 3.05) is 31.1 Å². The number of aromatic nitrogens is 1. The average Bonchev–Trinajstić information content (AvgIpc) is 3.15. The van der Waals surface area contributed by atoms with Crippen LogP contribution in [0.15, 0.2) is 60.2 Å². The summed E-state index contributed by atoms with van der Waals surface area (Å²) in [5.74, 6) is -0.281. The van der Waals surface area contributed by atoms with Crippen LogP contribution in [0.2, 0.25) is 0 Å². The van der Waals surface area contributed by atoms with Gasteiger partial charge in [0.2, 0.25) is 0 Å². The topological polar surface area (TPSA) is 95.4 Å². The van der Waals surface area contributed by atoms with Gasteiger partial charge in [0.05, 0.1) is 10.6 Å². The molecule has 8 nitrogen and oxygen atoms in total. The van der Waals surface area contributed by atoms with Crippen LogP contribution in [0.1, 0.15) is 22.5 Å². The summed E-state index contributed by atoms with van der Waals surface area (Å²) in [5, 5.41) is 21.1. The third kappa shape index (κ3) is 4.80. The molecule has 1 aliphatic heterocycles. The van der Waals surface area contributed by atoms with Crippen molar-refractivity contribution in [2.45, 2.75) is 20.8 Å². The van der Waals surface area contributed by atoms with Crippen LogP contribution in [-0.4, -0.2) is 46.5 Å². The molecule has 0 aliphatic carbocycles. The molecule has 1 fully saturated rings. The van der Waals surface area contributed by atoms with Gasteiger partial charge in [-0.25, -0.2) is 0 Å². The van der Waals surface area contributed by atoms with Gasteiger partial charge in [-0.1, -0.05) is 24.3 Å². The highest BCUT2D eigenvalue weighted by Crippen LogP contribution is 2.28. The van der Waals surface area contributed by atoms with E-state index in [1.807, 2.05) is 49.6 Å². The second kappa shape index (κ2) is 9.85.